The molecule has 12 amide bonds. The molecular formula is C60H92N16O25S2. The molecular weight excluding hydrogens is 1410 g/mol. The summed E-state index contributed by atoms with van der Waals surface area (Å²) in [5, 5.41) is 112. The van der Waals surface area contributed by atoms with Gasteiger partial charge in [0.15, 0.2) is 11.3 Å². The molecule has 6 heterocycles. The van der Waals surface area contributed by atoms with Gasteiger partial charge in [-0.25, -0.2) is 4.98 Å². The van der Waals surface area contributed by atoms with Gasteiger partial charge >= 0.3 is 5.69 Å². The van der Waals surface area contributed by atoms with E-state index in [-0.39, 0.29) is 94.0 Å². The Morgan fingerprint density at radius 3 is 1.78 bits per heavy atom. The van der Waals surface area contributed by atoms with Crippen molar-refractivity contribution < 1.29 is 117 Å². The fourth-order valence-electron chi connectivity index (χ4n) is 11.4. The van der Waals surface area contributed by atoms with Crippen molar-refractivity contribution in [3.8, 4) is 0 Å². The van der Waals surface area contributed by atoms with Crippen LogP contribution < -0.4 is 58.9 Å². The molecule has 43 heteroatoms. The van der Waals surface area contributed by atoms with Crippen molar-refractivity contribution in [2.45, 2.75) is 213 Å². The second-order valence-electron chi connectivity index (χ2n) is 25.0. The number of carbonyl (C=O) groups excluding carboxylic acids is 12. The molecule has 6 rings (SSSR count). The monoisotopic (exact) mass is 1500 g/mol. The van der Waals surface area contributed by atoms with Crippen LogP contribution in [0.4, 0.5) is 5.69 Å². The number of aliphatic hydroxyl groups is 7. The Balaban J connectivity index is 1.07. The largest absolute Gasteiger partial charge is 0.394 e. The van der Waals surface area contributed by atoms with Gasteiger partial charge in [-0.15, -0.1) is 0 Å². The van der Waals surface area contributed by atoms with Crippen LogP contribution in [0.2, 0.25) is 0 Å². The van der Waals surface area contributed by atoms with Crippen LogP contribution in [0.1, 0.15) is 91.9 Å². The highest BCUT2D eigenvalue weighted by Crippen LogP contribution is 2.36. The van der Waals surface area contributed by atoms with Crippen LogP contribution in [-0.2, 0) is 76.6 Å². The lowest BCUT2D eigenvalue weighted by Crippen LogP contribution is -2.64. The fourth-order valence-corrected chi connectivity index (χ4v) is 13.6. The van der Waals surface area contributed by atoms with E-state index in [1.807, 2.05) is 0 Å². The molecule has 0 radical (unpaired) electrons. The quantitative estimate of drug-likeness (QED) is 0.0159. The van der Waals surface area contributed by atoms with E-state index in [0.717, 1.165) is 21.6 Å². The van der Waals surface area contributed by atoms with Crippen LogP contribution in [0.15, 0.2) is 28.5 Å². The first-order chi connectivity index (χ1) is 49.0. The number of aliphatic hydroxyl groups excluding tert-OH is 7. The maximum Gasteiger partial charge on any atom is 0.302 e. The molecule has 1 aromatic rings. The van der Waals surface area contributed by atoms with E-state index in [2.05, 4.69) is 63.3 Å². The Morgan fingerprint density at radius 1 is 0.680 bits per heavy atom. The van der Waals surface area contributed by atoms with Gasteiger partial charge in [0.1, 0.15) is 103 Å². The van der Waals surface area contributed by atoms with E-state index in [0.29, 0.717) is 19.1 Å². The van der Waals surface area contributed by atoms with Crippen molar-refractivity contribution in [2.24, 2.45) is 10.9 Å². The first-order valence-corrected chi connectivity index (χ1v) is 35.7. The van der Waals surface area contributed by atoms with Crippen molar-refractivity contribution in [2.75, 3.05) is 58.2 Å². The SMILES string of the molecule is C[C@@H]1NC(=O)CNC(=O)[C@@H]2CCCN2C(=O)[C@H](C)NC(=O)[C@H](C)NC(=O)[C@H](CCCCNC(=O)/C=N/O[C@@H]2O[C@H](CO)[C@@H](O[C@@H]3O[C@H](CO)[C@H](O)[C@H](O)[C@H]3O)[C@H](O)[C@H]2O)NC(=O)CNC(=O)[C@@H]2CCCN2C(=O)[C@H](C)NC(=O)[C@H](CCCCNC(=O)C(N)CSSc2ncccc2[N+](=O)[O-])NC1=O. The molecule has 103 heavy (non-hydrogen) atoms. The van der Waals surface area contributed by atoms with Crippen LogP contribution in [0, 0.1) is 10.1 Å². The second-order valence-corrected chi connectivity index (χ2v) is 27.3. The third-order valence-corrected chi connectivity index (χ3v) is 19.5. The van der Waals surface area contributed by atoms with E-state index >= 15 is 0 Å². The molecule has 1 aromatic heterocycles. The fraction of sp³-hybridized carbons (Fsp3) is 0.700. The third-order valence-electron chi connectivity index (χ3n) is 17.2. The summed E-state index contributed by atoms with van der Waals surface area (Å²) in [7, 11) is 2.06. The van der Waals surface area contributed by atoms with Crippen LogP contribution >= 0.6 is 21.6 Å². The molecule has 0 aliphatic carbocycles. The lowest BCUT2D eigenvalue weighted by molar-refractivity contribution is -0.388. The number of hydrogen-bond acceptors (Lipinski definition) is 30. The Bertz CT molecular complexity index is 3180. The molecule has 0 saturated carbocycles. The van der Waals surface area contributed by atoms with Crippen molar-refractivity contribution in [1.29, 1.82) is 0 Å². The summed E-state index contributed by atoms with van der Waals surface area (Å²) < 4.78 is 16.3. The first kappa shape index (κ1) is 83.9. The number of rotatable bonds is 23. The molecule has 5 aliphatic heterocycles. The van der Waals surface area contributed by atoms with E-state index < -0.39 is 218 Å². The van der Waals surface area contributed by atoms with Gasteiger partial charge in [0, 0.05) is 44.2 Å². The lowest BCUT2D eigenvalue weighted by atomic mass is 9.97. The number of ether oxygens (including phenoxy) is 3. The average molecular weight is 1500 g/mol. The minimum Gasteiger partial charge on any atom is -0.394 e. The summed E-state index contributed by atoms with van der Waals surface area (Å²) in [6.45, 7) is 2.35. The summed E-state index contributed by atoms with van der Waals surface area (Å²) in [5.41, 5.74) is 5.86. The zero-order valence-corrected chi connectivity index (χ0v) is 58.5. The summed E-state index contributed by atoms with van der Waals surface area (Å²) in [6.07, 6.45) is -14.1. The number of oxime groups is 1. The van der Waals surface area contributed by atoms with E-state index in [1.54, 1.807) is 0 Å². The number of nitrogens with one attached hydrogen (secondary N) is 10. The number of nitrogens with zero attached hydrogens (tertiary/aromatic N) is 5. The topological polar surface area (TPSA) is 605 Å². The number of amides is 12. The third kappa shape index (κ3) is 24.2. The minimum atomic E-state index is -1.97. The molecule has 574 valence electrons. The predicted octanol–water partition coefficient (Wildman–Crippen LogP) is -8.53. The van der Waals surface area contributed by atoms with Gasteiger partial charge < -0.3 is 123 Å². The number of aromatic nitrogens is 1. The summed E-state index contributed by atoms with van der Waals surface area (Å²) >= 11 is 0. The van der Waals surface area contributed by atoms with Crippen LogP contribution in [0.3, 0.4) is 0 Å². The Kier molecular flexibility index (Phi) is 33.2. The number of carbonyl (C=O) groups is 12. The Morgan fingerprint density at radius 2 is 1.19 bits per heavy atom. The van der Waals surface area contributed by atoms with Gasteiger partial charge in [0.05, 0.1) is 37.3 Å². The number of unbranched alkanes of at least 4 members (excludes halogenated alkanes) is 2. The zero-order chi connectivity index (χ0) is 75.8. The van der Waals surface area contributed by atoms with Gasteiger partial charge in [-0.3, -0.25) is 67.6 Å². The van der Waals surface area contributed by atoms with Crippen molar-refractivity contribution >= 4 is 104 Å². The zero-order valence-electron chi connectivity index (χ0n) is 56.8. The molecule has 0 spiro atoms. The molecule has 5 saturated heterocycles. The molecule has 1 unspecified atom stereocenters. The normalized spacial score (nSPS) is 31.1. The highest BCUT2D eigenvalue weighted by molar-refractivity contribution is 8.76. The summed E-state index contributed by atoms with van der Waals surface area (Å²) in [5.74, 6) is -9.42. The molecule has 19 N–H and O–H groups in total. The Hall–Kier alpha value is -8.08. The van der Waals surface area contributed by atoms with Crippen molar-refractivity contribution in [1.82, 2.24) is 68.0 Å². The highest BCUT2D eigenvalue weighted by Gasteiger charge is 2.52. The Labute approximate surface area is 597 Å². The smallest absolute Gasteiger partial charge is 0.302 e. The molecule has 5 fully saturated rings. The maximum atomic E-state index is 14.1. The first-order valence-electron chi connectivity index (χ1n) is 33.4. The number of nitrogens with two attached hydrogens (primary N) is 1. The van der Waals surface area contributed by atoms with Crippen LogP contribution in [0.25, 0.3) is 0 Å². The number of nitro groups is 1. The molecule has 19 atom stereocenters. The molecule has 5 aliphatic rings. The number of hydrogen-bond donors (Lipinski definition) is 18. The molecule has 41 nitrogen and oxygen atoms in total. The number of pyridine rings is 1. The highest BCUT2D eigenvalue weighted by atomic mass is 33.1. The minimum absolute atomic E-state index is 0.0518. The van der Waals surface area contributed by atoms with Gasteiger partial charge in [0.25, 0.3) is 12.2 Å². The van der Waals surface area contributed by atoms with Crippen molar-refractivity contribution in [3.63, 3.8) is 0 Å². The van der Waals surface area contributed by atoms with Gasteiger partial charge in [-0.05, 0) is 109 Å². The second kappa shape index (κ2) is 40.8. The summed E-state index contributed by atoms with van der Waals surface area (Å²) in [4.78, 5) is 185. The molecule has 0 bridgehead atoms. The molecule has 0 aromatic carbocycles. The van der Waals surface area contributed by atoms with E-state index in [1.165, 1.54) is 55.8 Å². The standard InChI is InChI=1S/C60H92N16O25S2/c1-28-50(88)73-34(13-6-8-18-63-51(89)32(61)27-102-103-56-37(76(96)97)14-9-19-64-56)53(91)71-31(4)58(95)75-21-11-16-36(75)55(93)66-23-42(81)72-33(52(90)69-29(2)49(87)70-30(3)57(94)74-20-10-15-35(74)54(92)65-22-41(80)68-28)12-5-7-17-62-40(79)24-67-101-60-47(86)45(84)48(39(26-78)99-60)100-59-46(85)44(83)43(82)38(25-77)98-59/h9,14,19,24,28-36,38-39,43-48,59-60,77-78,82-86H,5-8,10-13,15-18,20-23,25-27,61H2,1-4H3,(H,62,79)(H,63,89)(H,65,92)(H,66,93)(H,68,80)(H,69,90)(H,70,87)(H,71,91)(H,72,81)(H,73,88)/b67-24+/t28-,29-,30-,31-,32?,33-,34-,35-,36-,38+,39+,43-,44-,45+,46+,47+,48+,59-,60-/m0/s1. The van der Waals surface area contributed by atoms with Crippen LogP contribution in [0.5, 0.6) is 0 Å². The van der Waals surface area contributed by atoms with Crippen LogP contribution in [-0.4, -0.2) is 307 Å². The average Bonchev–Trinajstić information content (AvgIpc) is 1.48. The van der Waals surface area contributed by atoms with Gasteiger partial charge in [-0.1, -0.05) is 15.9 Å². The number of fused-ring (bicyclic) bond motifs is 2. The predicted molar refractivity (Wildman–Crippen MR) is 357 cm³/mol. The van der Waals surface area contributed by atoms with Gasteiger partial charge in [0.2, 0.25) is 65.0 Å². The van der Waals surface area contributed by atoms with E-state index in [9.17, 15) is 103 Å². The van der Waals surface area contributed by atoms with Gasteiger partial charge in [-0.2, -0.15) is 0 Å². The van der Waals surface area contributed by atoms with Crippen molar-refractivity contribution in [3.05, 3.63) is 28.4 Å². The lowest BCUT2D eigenvalue weighted by Gasteiger charge is -2.45. The maximum absolute atomic E-state index is 14.1. The summed E-state index contributed by atoms with van der Waals surface area (Å²) in [6, 6.07) is -8.58. The van der Waals surface area contributed by atoms with E-state index in [4.69, 9.17) is 24.8 Å².